The molecule has 0 aliphatic carbocycles. The van der Waals surface area contributed by atoms with E-state index in [1.165, 1.54) is 18.7 Å². The summed E-state index contributed by atoms with van der Waals surface area (Å²) in [5.74, 6) is 2.32. The topological polar surface area (TPSA) is 117 Å². The van der Waals surface area contributed by atoms with Crippen LogP contribution >= 0.6 is 11.8 Å². The number of aryl methyl sites for hydroxylation is 1. The van der Waals surface area contributed by atoms with Crippen LogP contribution in [0.1, 0.15) is 19.5 Å². The molecular weight excluding hydrogens is 442 g/mol. The van der Waals surface area contributed by atoms with Crippen LogP contribution in [0.25, 0.3) is 0 Å². The maximum absolute atomic E-state index is 11.3. The molecular formula is C22H27N7O3S. The number of hydrogen-bond acceptors (Lipinski definition) is 9. The molecule has 174 valence electrons. The number of aromatic nitrogens is 4. The molecule has 0 bridgehead atoms. The molecule has 1 saturated heterocycles. The Morgan fingerprint density at radius 2 is 2.09 bits per heavy atom. The normalized spacial score (nSPS) is 15.9. The number of aromatic amines is 1. The van der Waals surface area contributed by atoms with Crippen LogP contribution in [0.3, 0.4) is 0 Å². The highest BCUT2D eigenvalue weighted by Crippen LogP contribution is 2.39. The molecule has 11 heteroatoms. The van der Waals surface area contributed by atoms with Gasteiger partial charge in [0.1, 0.15) is 0 Å². The van der Waals surface area contributed by atoms with Crippen LogP contribution in [0.2, 0.25) is 0 Å². The average Bonchev–Trinajstić information content (AvgIpc) is 3.19. The van der Waals surface area contributed by atoms with E-state index in [0.717, 1.165) is 16.3 Å². The smallest absolute Gasteiger partial charge is 0.221 e. The highest BCUT2D eigenvalue weighted by Gasteiger charge is 2.27. The predicted molar refractivity (Wildman–Crippen MR) is 128 cm³/mol. The minimum Gasteiger partial charge on any atom is -0.490 e. The van der Waals surface area contributed by atoms with Gasteiger partial charge in [-0.1, -0.05) is 0 Å². The number of carbonyl (C=O) groups excluding carboxylic acids is 1. The first-order valence-electron chi connectivity index (χ1n) is 10.6. The van der Waals surface area contributed by atoms with Gasteiger partial charge in [-0.2, -0.15) is 5.10 Å². The Hall–Kier alpha value is -3.31. The summed E-state index contributed by atoms with van der Waals surface area (Å²) in [6.45, 7) is 7.44. The molecule has 1 aromatic carbocycles. The summed E-state index contributed by atoms with van der Waals surface area (Å²) in [7, 11) is 1.61. The van der Waals surface area contributed by atoms with Crippen LogP contribution in [0.5, 0.6) is 5.75 Å². The van der Waals surface area contributed by atoms with Crippen molar-refractivity contribution in [1.82, 2.24) is 20.2 Å². The summed E-state index contributed by atoms with van der Waals surface area (Å²) in [5, 5.41) is 13.8. The molecule has 0 saturated carbocycles. The Labute approximate surface area is 196 Å². The lowest BCUT2D eigenvalue weighted by atomic mass is 10.2. The van der Waals surface area contributed by atoms with E-state index in [9.17, 15) is 4.79 Å². The Morgan fingerprint density at radius 1 is 1.30 bits per heavy atom. The fraction of sp³-hybridized carbons (Fsp3) is 0.364. The molecule has 1 atom stereocenters. The first-order valence-corrected chi connectivity index (χ1v) is 11.4. The van der Waals surface area contributed by atoms with Crippen molar-refractivity contribution in [2.75, 3.05) is 42.4 Å². The van der Waals surface area contributed by atoms with Crippen molar-refractivity contribution >= 4 is 40.8 Å². The van der Waals surface area contributed by atoms with Gasteiger partial charge in [-0.3, -0.25) is 9.89 Å². The number of carbonyl (C=O) groups is 1. The molecule has 33 heavy (non-hydrogen) atoms. The Morgan fingerprint density at radius 3 is 2.73 bits per heavy atom. The molecule has 1 amide bonds. The first-order chi connectivity index (χ1) is 15.9. The zero-order valence-electron chi connectivity index (χ0n) is 19.0. The van der Waals surface area contributed by atoms with Crippen LogP contribution in [0, 0.1) is 6.92 Å². The van der Waals surface area contributed by atoms with Gasteiger partial charge >= 0.3 is 0 Å². The zero-order chi connectivity index (χ0) is 23.4. The molecule has 0 radical (unpaired) electrons. The van der Waals surface area contributed by atoms with E-state index in [2.05, 4.69) is 32.7 Å². The van der Waals surface area contributed by atoms with Gasteiger partial charge in [-0.05, 0) is 49.9 Å². The van der Waals surface area contributed by atoms with E-state index >= 15 is 0 Å². The van der Waals surface area contributed by atoms with E-state index in [1.54, 1.807) is 7.11 Å². The number of ether oxygens (including phenoxy) is 2. The average molecular weight is 470 g/mol. The molecule has 3 aromatic rings. The van der Waals surface area contributed by atoms with E-state index in [4.69, 9.17) is 19.4 Å². The van der Waals surface area contributed by atoms with Crippen molar-refractivity contribution < 1.29 is 14.3 Å². The standard InChI is InChI=1S/C22H27N7O3S/c1-13-11-18(28-27-13)24-20-19(31-4)21(29-9-10-32-12-14(29)2)26-22(25-20)33-17-7-5-16(6-8-17)23-15(3)30/h5-8,11,14H,9-10,12H2,1-4H3,(H,23,30)(H2,24,25,26,27,28)/t14-/m1/s1. The summed E-state index contributed by atoms with van der Waals surface area (Å²) >= 11 is 1.43. The Balaban J connectivity index is 1.70. The second-order valence-corrected chi connectivity index (χ2v) is 8.74. The van der Waals surface area contributed by atoms with Gasteiger partial charge in [0.25, 0.3) is 0 Å². The maximum Gasteiger partial charge on any atom is 0.221 e. The van der Waals surface area contributed by atoms with Gasteiger partial charge in [-0.15, -0.1) is 0 Å². The van der Waals surface area contributed by atoms with Gasteiger partial charge in [0.2, 0.25) is 11.7 Å². The molecule has 0 spiro atoms. The fourth-order valence-electron chi connectivity index (χ4n) is 3.49. The monoisotopic (exact) mass is 469 g/mol. The third-order valence-electron chi connectivity index (χ3n) is 5.01. The minimum atomic E-state index is -0.109. The SMILES string of the molecule is COc1c(Nc2cc(C)[nH]n2)nc(Sc2ccc(NC(C)=O)cc2)nc1N1CCOC[C@H]1C. The molecule has 2 aromatic heterocycles. The van der Waals surface area contributed by atoms with Crippen molar-refractivity contribution in [3.8, 4) is 5.75 Å². The van der Waals surface area contributed by atoms with Gasteiger partial charge in [0.15, 0.2) is 22.6 Å². The summed E-state index contributed by atoms with van der Waals surface area (Å²) < 4.78 is 11.4. The molecule has 4 rings (SSSR count). The second-order valence-electron chi connectivity index (χ2n) is 7.70. The largest absolute Gasteiger partial charge is 0.490 e. The lowest BCUT2D eigenvalue weighted by Crippen LogP contribution is -2.44. The van der Waals surface area contributed by atoms with Gasteiger partial charge in [0.05, 0.1) is 26.4 Å². The summed E-state index contributed by atoms with van der Waals surface area (Å²) in [6, 6.07) is 9.58. The van der Waals surface area contributed by atoms with E-state index in [1.807, 2.05) is 37.3 Å². The van der Waals surface area contributed by atoms with Crippen molar-refractivity contribution in [3.63, 3.8) is 0 Å². The number of morpholine rings is 1. The molecule has 1 fully saturated rings. The van der Waals surface area contributed by atoms with E-state index < -0.39 is 0 Å². The Bertz CT molecular complexity index is 1120. The number of nitrogens with one attached hydrogen (secondary N) is 3. The van der Waals surface area contributed by atoms with Gasteiger partial charge in [-0.25, -0.2) is 9.97 Å². The van der Waals surface area contributed by atoms with Crippen molar-refractivity contribution in [2.45, 2.75) is 36.9 Å². The Kier molecular flexibility index (Phi) is 6.99. The zero-order valence-corrected chi connectivity index (χ0v) is 19.8. The molecule has 3 N–H and O–H groups in total. The number of benzene rings is 1. The number of hydrogen-bond donors (Lipinski definition) is 3. The van der Waals surface area contributed by atoms with E-state index in [-0.39, 0.29) is 11.9 Å². The van der Waals surface area contributed by atoms with Gasteiger partial charge < -0.3 is 25.0 Å². The quantitative estimate of drug-likeness (QED) is 0.446. The van der Waals surface area contributed by atoms with E-state index in [0.29, 0.717) is 48.1 Å². The highest BCUT2D eigenvalue weighted by atomic mass is 32.2. The third-order valence-corrected chi connectivity index (χ3v) is 5.88. The lowest BCUT2D eigenvalue weighted by Gasteiger charge is -2.35. The summed E-state index contributed by atoms with van der Waals surface area (Å²) in [6.07, 6.45) is 0. The molecule has 0 unspecified atom stereocenters. The summed E-state index contributed by atoms with van der Waals surface area (Å²) in [5.41, 5.74) is 1.67. The lowest BCUT2D eigenvalue weighted by molar-refractivity contribution is -0.114. The minimum absolute atomic E-state index is 0.109. The van der Waals surface area contributed by atoms with Crippen LogP contribution in [0.15, 0.2) is 40.4 Å². The fourth-order valence-corrected chi connectivity index (χ4v) is 4.24. The molecule has 1 aliphatic heterocycles. The third kappa shape index (κ3) is 5.55. The van der Waals surface area contributed by atoms with Crippen molar-refractivity contribution in [3.05, 3.63) is 36.0 Å². The highest BCUT2D eigenvalue weighted by molar-refractivity contribution is 7.99. The van der Waals surface area contributed by atoms with Crippen molar-refractivity contribution in [1.29, 1.82) is 0 Å². The molecule has 10 nitrogen and oxygen atoms in total. The van der Waals surface area contributed by atoms with Crippen molar-refractivity contribution in [2.24, 2.45) is 0 Å². The number of nitrogens with zero attached hydrogens (tertiary/aromatic N) is 4. The predicted octanol–water partition coefficient (Wildman–Crippen LogP) is 3.60. The molecule has 1 aliphatic rings. The maximum atomic E-state index is 11.3. The first kappa shape index (κ1) is 22.9. The number of rotatable bonds is 7. The second kappa shape index (κ2) is 10.1. The number of methoxy groups -OCH3 is 1. The molecule has 3 heterocycles. The number of amides is 1. The number of anilines is 4. The van der Waals surface area contributed by atoms with Crippen LogP contribution in [-0.4, -0.2) is 59.0 Å². The van der Waals surface area contributed by atoms with Crippen LogP contribution in [0.4, 0.5) is 23.1 Å². The van der Waals surface area contributed by atoms with Gasteiger partial charge in [0, 0.05) is 35.8 Å². The summed E-state index contributed by atoms with van der Waals surface area (Å²) in [4.78, 5) is 24.0. The van der Waals surface area contributed by atoms with Crippen LogP contribution in [-0.2, 0) is 9.53 Å². The number of H-pyrrole nitrogens is 1. The van der Waals surface area contributed by atoms with Crippen LogP contribution < -0.4 is 20.3 Å².